The van der Waals surface area contributed by atoms with Crippen LogP contribution in [-0.4, -0.2) is 45.0 Å². The van der Waals surface area contributed by atoms with Crippen molar-refractivity contribution >= 4 is 15.9 Å². The van der Waals surface area contributed by atoms with E-state index in [0.717, 1.165) is 36.5 Å². The van der Waals surface area contributed by atoms with Gasteiger partial charge in [-0.15, -0.1) is 0 Å². The molecule has 3 unspecified atom stereocenters. The second kappa shape index (κ2) is 8.29. The highest BCUT2D eigenvalue weighted by Crippen LogP contribution is 2.29. The lowest BCUT2D eigenvalue weighted by molar-refractivity contribution is 0.0523. The van der Waals surface area contributed by atoms with Crippen molar-refractivity contribution < 1.29 is 9.47 Å². The molecule has 1 aliphatic heterocycles. The van der Waals surface area contributed by atoms with E-state index in [4.69, 9.17) is 9.47 Å². The van der Waals surface area contributed by atoms with Gasteiger partial charge in [-0.25, -0.2) is 0 Å². The number of hydrogen-bond donors (Lipinski definition) is 2. The summed E-state index contributed by atoms with van der Waals surface area (Å²) in [6.45, 7) is 4.30. The van der Waals surface area contributed by atoms with E-state index >= 15 is 0 Å². The fraction of sp³-hybridized carbons (Fsp3) is 0.647. The van der Waals surface area contributed by atoms with Crippen LogP contribution in [0.5, 0.6) is 5.75 Å². The number of hydrogen-bond acceptors (Lipinski definition) is 4. The van der Waals surface area contributed by atoms with Crippen LogP contribution in [0.15, 0.2) is 28.7 Å². The molecule has 3 atom stereocenters. The highest BCUT2D eigenvalue weighted by Gasteiger charge is 2.34. The molecule has 3 rings (SSSR count). The van der Waals surface area contributed by atoms with Crippen molar-refractivity contribution in [3.05, 3.63) is 28.7 Å². The molecule has 2 N–H and O–H groups in total. The minimum atomic E-state index is 0.515. The summed E-state index contributed by atoms with van der Waals surface area (Å²) in [4.78, 5) is 0. The molecule has 0 spiro atoms. The van der Waals surface area contributed by atoms with Gasteiger partial charge in [0.2, 0.25) is 0 Å². The second-order valence-corrected chi connectivity index (χ2v) is 7.01. The van der Waals surface area contributed by atoms with Crippen LogP contribution in [-0.2, 0) is 4.74 Å². The van der Waals surface area contributed by atoms with Crippen molar-refractivity contribution in [3.63, 3.8) is 0 Å². The standard InChI is InChI=1S/C17H25BrN2O2/c18-13-4-6-14(7-5-13)22-11-9-19-16-3-1-2-15(16)17-12-21-10-8-20-17/h4-7,15-17,19-20H,1-3,8-12H2. The Labute approximate surface area is 141 Å². The third-order valence-corrected chi connectivity index (χ3v) is 5.16. The summed E-state index contributed by atoms with van der Waals surface area (Å²) in [7, 11) is 0. The van der Waals surface area contributed by atoms with Gasteiger partial charge < -0.3 is 20.1 Å². The summed E-state index contributed by atoms with van der Waals surface area (Å²) >= 11 is 3.43. The highest BCUT2D eigenvalue weighted by molar-refractivity contribution is 9.10. The molecule has 1 saturated heterocycles. The molecule has 0 aromatic heterocycles. The van der Waals surface area contributed by atoms with Crippen molar-refractivity contribution in [2.75, 3.05) is 32.9 Å². The monoisotopic (exact) mass is 368 g/mol. The van der Waals surface area contributed by atoms with Crippen LogP contribution >= 0.6 is 15.9 Å². The number of nitrogens with one attached hydrogen (secondary N) is 2. The van der Waals surface area contributed by atoms with E-state index in [1.807, 2.05) is 24.3 Å². The maximum atomic E-state index is 5.78. The molecule has 1 aromatic rings. The van der Waals surface area contributed by atoms with Crippen LogP contribution in [0.1, 0.15) is 19.3 Å². The van der Waals surface area contributed by atoms with E-state index in [9.17, 15) is 0 Å². The lowest BCUT2D eigenvalue weighted by Crippen LogP contribution is -2.51. The summed E-state index contributed by atoms with van der Waals surface area (Å²) in [5.74, 6) is 1.61. The average Bonchev–Trinajstić information content (AvgIpc) is 3.02. The quantitative estimate of drug-likeness (QED) is 0.757. The molecule has 2 fully saturated rings. The molecule has 0 radical (unpaired) electrons. The lowest BCUT2D eigenvalue weighted by atomic mass is 9.94. The molecule has 4 nitrogen and oxygen atoms in total. The summed E-state index contributed by atoms with van der Waals surface area (Å²) in [5, 5.41) is 7.29. The molecule has 0 amide bonds. The van der Waals surface area contributed by atoms with Gasteiger partial charge in [-0.1, -0.05) is 22.4 Å². The van der Waals surface area contributed by atoms with Crippen LogP contribution in [0.4, 0.5) is 0 Å². The van der Waals surface area contributed by atoms with Crippen molar-refractivity contribution in [1.29, 1.82) is 0 Å². The average molecular weight is 369 g/mol. The van der Waals surface area contributed by atoms with Crippen LogP contribution in [0.25, 0.3) is 0 Å². The van der Waals surface area contributed by atoms with Gasteiger partial charge in [0.15, 0.2) is 0 Å². The van der Waals surface area contributed by atoms with Crippen LogP contribution in [0, 0.1) is 5.92 Å². The number of benzene rings is 1. The summed E-state index contributed by atoms with van der Waals surface area (Å²) in [5.41, 5.74) is 0. The van der Waals surface area contributed by atoms with Gasteiger partial charge in [-0.3, -0.25) is 0 Å². The normalized spacial score (nSPS) is 28.7. The Balaban J connectivity index is 1.39. The van der Waals surface area contributed by atoms with Gasteiger partial charge in [-0.05, 0) is 43.0 Å². The first-order valence-electron chi connectivity index (χ1n) is 8.26. The minimum absolute atomic E-state index is 0.515. The van der Waals surface area contributed by atoms with Gasteiger partial charge in [0.25, 0.3) is 0 Å². The Morgan fingerprint density at radius 3 is 2.91 bits per heavy atom. The minimum Gasteiger partial charge on any atom is -0.492 e. The Kier molecular flexibility index (Phi) is 6.12. The maximum Gasteiger partial charge on any atom is 0.119 e. The van der Waals surface area contributed by atoms with E-state index in [0.29, 0.717) is 24.6 Å². The van der Waals surface area contributed by atoms with Crippen molar-refractivity contribution in [3.8, 4) is 5.75 Å². The summed E-state index contributed by atoms with van der Waals surface area (Å²) < 4.78 is 12.5. The first-order chi connectivity index (χ1) is 10.8. The van der Waals surface area contributed by atoms with Crippen molar-refractivity contribution in [1.82, 2.24) is 10.6 Å². The molecule has 2 aliphatic rings. The number of halogens is 1. The van der Waals surface area contributed by atoms with Gasteiger partial charge in [0.1, 0.15) is 12.4 Å². The van der Waals surface area contributed by atoms with Gasteiger partial charge in [0.05, 0.1) is 13.2 Å². The molecule has 1 aliphatic carbocycles. The zero-order valence-corrected chi connectivity index (χ0v) is 14.5. The van der Waals surface area contributed by atoms with Gasteiger partial charge >= 0.3 is 0 Å². The third kappa shape index (κ3) is 4.44. The molecule has 5 heteroatoms. The van der Waals surface area contributed by atoms with Crippen LogP contribution < -0.4 is 15.4 Å². The van der Waals surface area contributed by atoms with E-state index in [2.05, 4.69) is 26.6 Å². The molecule has 22 heavy (non-hydrogen) atoms. The van der Waals surface area contributed by atoms with E-state index in [1.165, 1.54) is 19.3 Å². The number of morpholine rings is 1. The van der Waals surface area contributed by atoms with E-state index in [1.54, 1.807) is 0 Å². The fourth-order valence-corrected chi connectivity index (χ4v) is 3.79. The Hall–Kier alpha value is -0.620. The van der Waals surface area contributed by atoms with E-state index in [-0.39, 0.29) is 0 Å². The van der Waals surface area contributed by atoms with Crippen LogP contribution in [0.3, 0.4) is 0 Å². The molecule has 0 bridgehead atoms. The first kappa shape index (κ1) is 16.2. The summed E-state index contributed by atoms with van der Waals surface area (Å²) in [6, 6.07) is 9.10. The number of rotatable bonds is 6. The highest BCUT2D eigenvalue weighted by atomic mass is 79.9. The zero-order chi connectivity index (χ0) is 15.2. The predicted octanol–water partition coefficient (Wildman–Crippen LogP) is 2.57. The molecule has 122 valence electrons. The Bertz CT molecular complexity index is 448. The SMILES string of the molecule is Brc1ccc(OCCNC2CCCC2C2COCCN2)cc1. The van der Waals surface area contributed by atoms with Gasteiger partial charge in [0, 0.05) is 29.6 Å². The molecular weight excluding hydrogens is 344 g/mol. The van der Waals surface area contributed by atoms with Gasteiger partial charge in [-0.2, -0.15) is 0 Å². The number of ether oxygens (including phenoxy) is 2. The first-order valence-corrected chi connectivity index (χ1v) is 9.05. The largest absolute Gasteiger partial charge is 0.492 e. The predicted molar refractivity (Wildman–Crippen MR) is 91.4 cm³/mol. The smallest absolute Gasteiger partial charge is 0.119 e. The molecule has 1 saturated carbocycles. The molecule has 1 aromatic carbocycles. The topological polar surface area (TPSA) is 42.5 Å². The summed E-state index contributed by atoms with van der Waals surface area (Å²) in [6.07, 6.45) is 3.88. The Morgan fingerprint density at radius 1 is 1.27 bits per heavy atom. The second-order valence-electron chi connectivity index (χ2n) is 6.09. The zero-order valence-electron chi connectivity index (χ0n) is 12.9. The van der Waals surface area contributed by atoms with Crippen LogP contribution in [0.2, 0.25) is 0 Å². The van der Waals surface area contributed by atoms with Crippen molar-refractivity contribution in [2.45, 2.75) is 31.3 Å². The maximum absolute atomic E-state index is 5.78. The molecule has 1 heterocycles. The van der Waals surface area contributed by atoms with Crippen molar-refractivity contribution in [2.24, 2.45) is 5.92 Å². The molecular formula is C17H25BrN2O2. The Morgan fingerprint density at radius 2 is 2.14 bits per heavy atom. The third-order valence-electron chi connectivity index (χ3n) is 4.63. The fourth-order valence-electron chi connectivity index (χ4n) is 3.53. The lowest BCUT2D eigenvalue weighted by Gasteiger charge is -2.33. The van der Waals surface area contributed by atoms with E-state index < -0.39 is 0 Å².